The van der Waals surface area contributed by atoms with Gasteiger partial charge in [-0.3, -0.25) is 4.79 Å². The topological polar surface area (TPSA) is 41.6 Å². The molecule has 0 bridgehead atoms. The number of nitrogens with zero attached hydrogens (tertiary/aromatic N) is 1. The van der Waals surface area contributed by atoms with Crippen LogP contribution < -0.4 is 5.32 Å². The lowest BCUT2D eigenvalue weighted by atomic mass is 9.78. The molecule has 5 heteroatoms. The van der Waals surface area contributed by atoms with Gasteiger partial charge in [-0.15, -0.1) is 0 Å². The van der Waals surface area contributed by atoms with Gasteiger partial charge in [-0.25, -0.2) is 0 Å². The molecule has 1 N–H and O–H groups in total. The van der Waals surface area contributed by atoms with Crippen molar-refractivity contribution in [3.63, 3.8) is 0 Å². The Labute approximate surface area is 114 Å². The lowest BCUT2D eigenvalue weighted by Gasteiger charge is -2.41. The molecule has 4 nitrogen and oxygen atoms in total. The highest BCUT2D eigenvalue weighted by Gasteiger charge is 2.42. The minimum atomic E-state index is -0.276. The van der Waals surface area contributed by atoms with Crippen LogP contribution in [-0.4, -0.2) is 61.7 Å². The Morgan fingerprint density at radius 3 is 2.83 bits per heavy atom. The van der Waals surface area contributed by atoms with Crippen molar-refractivity contribution in [3.05, 3.63) is 0 Å². The molecule has 18 heavy (non-hydrogen) atoms. The molecule has 2 aliphatic rings. The largest absolute Gasteiger partial charge is 0.384 e. The van der Waals surface area contributed by atoms with Crippen molar-refractivity contribution in [2.75, 3.05) is 45.6 Å². The molecule has 0 spiro atoms. The zero-order valence-electron chi connectivity index (χ0n) is 11.4. The van der Waals surface area contributed by atoms with Gasteiger partial charge >= 0.3 is 0 Å². The van der Waals surface area contributed by atoms with E-state index in [2.05, 4.69) is 17.1 Å². The molecule has 0 aromatic carbocycles. The SMILES string of the molecule is COCC1(C(=O)N2CCSC(C)C2)CCNCC1. The van der Waals surface area contributed by atoms with Crippen LogP contribution in [0.25, 0.3) is 0 Å². The molecular weight excluding hydrogens is 248 g/mol. The average Bonchev–Trinajstić information content (AvgIpc) is 2.39. The summed E-state index contributed by atoms with van der Waals surface area (Å²) >= 11 is 1.96. The summed E-state index contributed by atoms with van der Waals surface area (Å²) in [7, 11) is 1.70. The van der Waals surface area contributed by atoms with Crippen LogP contribution in [0.4, 0.5) is 0 Å². The lowest BCUT2D eigenvalue weighted by Crippen LogP contribution is -2.54. The number of amides is 1. The number of hydrogen-bond acceptors (Lipinski definition) is 4. The van der Waals surface area contributed by atoms with Gasteiger partial charge in [0.1, 0.15) is 0 Å². The van der Waals surface area contributed by atoms with E-state index in [0.29, 0.717) is 17.8 Å². The van der Waals surface area contributed by atoms with Gasteiger partial charge in [-0.05, 0) is 25.9 Å². The van der Waals surface area contributed by atoms with Crippen LogP contribution in [0, 0.1) is 5.41 Å². The summed E-state index contributed by atoms with van der Waals surface area (Å²) in [6.45, 7) is 6.40. The summed E-state index contributed by atoms with van der Waals surface area (Å²) in [5, 5.41) is 3.89. The molecule has 2 fully saturated rings. The third-order valence-corrected chi connectivity index (χ3v) is 5.10. The van der Waals surface area contributed by atoms with E-state index >= 15 is 0 Å². The van der Waals surface area contributed by atoms with E-state index in [-0.39, 0.29) is 5.41 Å². The van der Waals surface area contributed by atoms with Crippen molar-refractivity contribution in [2.45, 2.75) is 25.0 Å². The van der Waals surface area contributed by atoms with Crippen molar-refractivity contribution < 1.29 is 9.53 Å². The van der Waals surface area contributed by atoms with Crippen molar-refractivity contribution >= 4 is 17.7 Å². The van der Waals surface area contributed by atoms with Crippen molar-refractivity contribution in [3.8, 4) is 0 Å². The summed E-state index contributed by atoms with van der Waals surface area (Å²) < 4.78 is 5.34. The minimum Gasteiger partial charge on any atom is -0.384 e. The summed E-state index contributed by atoms with van der Waals surface area (Å²) in [6, 6.07) is 0. The highest BCUT2D eigenvalue weighted by molar-refractivity contribution is 7.99. The number of hydrogen-bond donors (Lipinski definition) is 1. The molecule has 0 aliphatic carbocycles. The number of thioether (sulfide) groups is 1. The van der Waals surface area contributed by atoms with E-state index in [1.165, 1.54) is 0 Å². The van der Waals surface area contributed by atoms with Crippen molar-refractivity contribution in [1.82, 2.24) is 10.2 Å². The van der Waals surface area contributed by atoms with Gasteiger partial charge in [0.15, 0.2) is 0 Å². The van der Waals surface area contributed by atoms with E-state index in [1.54, 1.807) is 7.11 Å². The quantitative estimate of drug-likeness (QED) is 0.831. The zero-order valence-corrected chi connectivity index (χ0v) is 12.2. The Balaban J connectivity index is 2.07. The Kier molecular flexibility index (Phi) is 4.92. The van der Waals surface area contributed by atoms with E-state index in [4.69, 9.17) is 4.74 Å². The van der Waals surface area contributed by atoms with Gasteiger partial charge in [-0.2, -0.15) is 11.8 Å². The van der Waals surface area contributed by atoms with Crippen LogP contribution >= 0.6 is 11.8 Å². The standard InChI is InChI=1S/C13H24N2O2S/c1-11-9-15(7-8-18-11)12(16)13(10-17-2)3-5-14-6-4-13/h11,14H,3-10H2,1-2H3. The number of carbonyl (C=O) groups is 1. The Hall–Kier alpha value is -0.260. The van der Waals surface area contributed by atoms with E-state index in [0.717, 1.165) is 44.8 Å². The predicted octanol–water partition coefficient (Wildman–Crippen LogP) is 0.966. The smallest absolute Gasteiger partial charge is 0.231 e. The number of methoxy groups -OCH3 is 1. The normalized spacial score (nSPS) is 28.1. The molecule has 0 radical (unpaired) electrons. The summed E-state index contributed by atoms with van der Waals surface area (Å²) in [6.07, 6.45) is 1.80. The molecular formula is C13H24N2O2S. The highest BCUT2D eigenvalue weighted by atomic mass is 32.2. The van der Waals surface area contributed by atoms with Crippen LogP contribution in [0.3, 0.4) is 0 Å². The third-order valence-electron chi connectivity index (χ3n) is 3.96. The van der Waals surface area contributed by atoms with Crippen molar-refractivity contribution in [1.29, 1.82) is 0 Å². The fourth-order valence-corrected chi connectivity index (χ4v) is 3.95. The fourth-order valence-electron chi connectivity index (χ4n) is 2.94. The molecule has 2 heterocycles. The molecule has 104 valence electrons. The summed E-state index contributed by atoms with van der Waals surface area (Å²) in [5.41, 5.74) is -0.276. The maximum Gasteiger partial charge on any atom is 0.231 e. The molecule has 2 saturated heterocycles. The number of carbonyl (C=O) groups excluding carboxylic acids is 1. The van der Waals surface area contributed by atoms with Gasteiger partial charge < -0.3 is 15.0 Å². The number of piperidine rings is 1. The van der Waals surface area contributed by atoms with Crippen molar-refractivity contribution in [2.24, 2.45) is 5.41 Å². The van der Waals surface area contributed by atoms with Gasteiger partial charge in [0.05, 0.1) is 12.0 Å². The second-order valence-electron chi connectivity index (χ2n) is 5.40. The van der Waals surface area contributed by atoms with Crippen LogP contribution in [-0.2, 0) is 9.53 Å². The first-order valence-corrected chi connectivity index (χ1v) is 7.83. The third kappa shape index (κ3) is 3.00. The first kappa shape index (κ1) is 14.2. The second kappa shape index (κ2) is 6.26. The van der Waals surface area contributed by atoms with E-state index in [9.17, 15) is 4.79 Å². The fraction of sp³-hybridized carbons (Fsp3) is 0.923. The Morgan fingerprint density at radius 1 is 1.50 bits per heavy atom. The molecule has 0 aromatic rings. The van der Waals surface area contributed by atoms with E-state index in [1.807, 2.05) is 11.8 Å². The number of rotatable bonds is 3. The molecule has 1 atom stereocenters. The van der Waals surface area contributed by atoms with Crippen LogP contribution in [0.5, 0.6) is 0 Å². The minimum absolute atomic E-state index is 0.276. The van der Waals surface area contributed by atoms with Crippen LogP contribution in [0.2, 0.25) is 0 Å². The molecule has 2 rings (SSSR count). The Morgan fingerprint density at radius 2 is 2.22 bits per heavy atom. The maximum atomic E-state index is 12.8. The van der Waals surface area contributed by atoms with Gasteiger partial charge in [-0.1, -0.05) is 6.92 Å². The lowest BCUT2D eigenvalue weighted by molar-refractivity contribution is -0.147. The number of ether oxygens (including phenoxy) is 1. The molecule has 2 aliphatic heterocycles. The molecule has 1 unspecified atom stereocenters. The predicted molar refractivity (Wildman–Crippen MR) is 74.9 cm³/mol. The average molecular weight is 272 g/mol. The van der Waals surface area contributed by atoms with Crippen LogP contribution in [0.15, 0.2) is 0 Å². The molecule has 0 aromatic heterocycles. The number of nitrogens with one attached hydrogen (secondary N) is 1. The summed E-state index contributed by atoms with van der Waals surface area (Å²) in [4.78, 5) is 14.9. The monoisotopic (exact) mass is 272 g/mol. The van der Waals surface area contributed by atoms with Gasteiger partial charge in [0, 0.05) is 31.2 Å². The zero-order chi connectivity index (χ0) is 13.0. The van der Waals surface area contributed by atoms with Gasteiger partial charge in [0.25, 0.3) is 0 Å². The first-order valence-electron chi connectivity index (χ1n) is 6.78. The second-order valence-corrected chi connectivity index (χ2v) is 6.94. The Bertz CT molecular complexity index is 287. The molecule has 1 amide bonds. The van der Waals surface area contributed by atoms with Gasteiger partial charge in [0.2, 0.25) is 5.91 Å². The maximum absolute atomic E-state index is 12.8. The van der Waals surface area contributed by atoms with Crippen LogP contribution in [0.1, 0.15) is 19.8 Å². The summed E-state index contributed by atoms with van der Waals surface area (Å²) in [5.74, 6) is 1.38. The highest BCUT2D eigenvalue weighted by Crippen LogP contribution is 2.33. The molecule has 0 saturated carbocycles. The van der Waals surface area contributed by atoms with E-state index < -0.39 is 0 Å². The first-order chi connectivity index (χ1) is 8.68.